The first-order valence-corrected chi connectivity index (χ1v) is 5.83. The van der Waals surface area contributed by atoms with Crippen molar-refractivity contribution in [1.29, 1.82) is 0 Å². The molecule has 1 nitrogen and oxygen atoms in total. The molecule has 0 radical (unpaired) electrons. The van der Waals surface area contributed by atoms with Gasteiger partial charge in [0.25, 0.3) is 0 Å². The van der Waals surface area contributed by atoms with Crippen LogP contribution in [0.25, 0.3) is 4.85 Å². The normalized spacial score (nSPS) is 9.87. The van der Waals surface area contributed by atoms with Crippen molar-refractivity contribution < 1.29 is 0 Å². The Balaban J connectivity index is 2.23. The molecule has 0 bridgehead atoms. The molecule has 0 aliphatic carbocycles. The zero-order valence-corrected chi connectivity index (χ0v) is 9.50. The maximum atomic E-state index is 6.85. The lowest BCUT2D eigenvalue weighted by Crippen LogP contribution is -1.85. The summed E-state index contributed by atoms with van der Waals surface area (Å²) in [4.78, 5) is 3.38. The van der Waals surface area contributed by atoms with Crippen LogP contribution in [0.15, 0.2) is 24.3 Å². The van der Waals surface area contributed by atoms with Gasteiger partial charge in [-0.05, 0) is 12.8 Å². The van der Waals surface area contributed by atoms with Gasteiger partial charge >= 0.3 is 0 Å². The predicted octanol–water partition coefficient (Wildman–Crippen LogP) is 4.75. The number of hydrogen-bond acceptors (Lipinski definition) is 0. The van der Waals surface area contributed by atoms with Crippen LogP contribution in [0.4, 0.5) is 5.69 Å². The molecule has 0 saturated carbocycles. The van der Waals surface area contributed by atoms with E-state index in [1.807, 2.05) is 12.1 Å². The number of aryl methyl sites for hydroxylation is 1. The number of rotatable bonds is 6. The van der Waals surface area contributed by atoms with Gasteiger partial charge in [0.1, 0.15) is 0 Å². The maximum Gasteiger partial charge on any atom is 0.187 e. The van der Waals surface area contributed by atoms with Gasteiger partial charge in [0.05, 0.1) is 6.57 Å². The lowest BCUT2D eigenvalue weighted by atomic mass is 10.1. The van der Waals surface area contributed by atoms with Crippen LogP contribution in [0.5, 0.6) is 0 Å². The second kappa shape index (κ2) is 7.06. The minimum Gasteiger partial charge on any atom is -0.238 e. The Morgan fingerprint density at radius 2 is 1.67 bits per heavy atom. The smallest absolute Gasteiger partial charge is 0.187 e. The summed E-state index contributed by atoms with van der Waals surface area (Å²) in [5.41, 5.74) is 2.10. The van der Waals surface area contributed by atoms with Gasteiger partial charge in [0.15, 0.2) is 5.69 Å². The summed E-state index contributed by atoms with van der Waals surface area (Å²) in [5, 5.41) is 0. The molecule has 0 aromatic heterocycles. The molecule has 0 spiro atoms. The van der Waals surface area contributed by atoms with Crippen molar-refractivity contribution in [3.05, 3.63) is 41.2 Å². The lowest BCUT2D eigenvalue weighted by molar-refractivity contribution is 0.632. The molecule has 0 aliphatic rings. The van der Waals surface area contributed by atoms with Crippen LogP contribution in [0.2, 0.25) is 0 Å². The monoisotopic (exact) mass is 201 g/mol. The van der Waals surface area contributed by atoms with E-state index in [4.69, 9.17) is 6.57 Å². The first-order chi connectivity index (χ1) is 7.36. The molecule has 0 unspecified atom stereocenters. The Morgan fingerprint density at radius 3 is 2.27 bits per heavy atom. The Labute approximate surface area is 93.0 Å². The molecular formula is C14H19N. The fourth-order valence-corrected chi connectivity index (χ4v) is 1.67. The van der Waals surface area contributed by atoms with E-state index in [0.29, 0.717) is 0 Å². The van der Waals surface area contributed by atoms with E-state index in [1.54, 1.807) is 0 Å². The topological polar surface area (TPSA) is 4.36 Å². The standard InChI is InChI=1S/C14H19N/c1-3-4-5-6-7-8-13-9-11-14(15-2)12-10-13/h9-12H,3-8H2,1H3. The Kier molecular flexibility index (Phi) is 5.55. The molecule has 0 N–H and O–H groups in total. The fourth-order valence-electron chi connectivity index (χ4n) is 1.67. The van der Waals surface area contributed by atoms with Gasteiger partial charge in [0, 0.05) is 0 Å². The highest BCUT2D eigenvalue weighted by Crippen LogP contribution is 2.14. The third-order valence-electron chi connectivity index (χ3n) is 2.63. The molecule has 15 heavy (non-hydrogen) atoms. The van der Waals surface area contributed by atoms with E-state index in [9.17, 15) is 0 Å². The highest BCUT2D eigenvalue weighted by atomic mass is 14.6. The van der Waals surface area contributed by atoms with Gasteiger partial charge in [-0.25, -0.2) is 4.85 Å². The average Bonchev–Trinajstić information content (AvgIpc) is 2.30. The van der Waals surface area contributed by atoms with Gasteiger partial charge in [-0.1, -0.05) is 62.4 Å². The molecule has 1 rings (SSSR count). The largest absolute Gasteiger partial charge is 0.238 e. The average molecular weight is 201 g/mol. The third-order valence-corrected chi connectivity index (χ3v) is 2.63. The summed E-state index contributed by atoms with van der Waals surface area (Å²) in [6, 6.07) is 7.98. The molecule has 0 atom stereocenters. The Bertz CT molecular complexity index is 305. The zero-order chi connectivity index (χ0) is 10.9. The van der Waals surface area contributed by atoms with E-state index < -0.39 is 0 Å². The van der Waals surface area contributed by atoms with Crippen LogP contribution >= 0.6 is 0 Å². The van der Waals surface area contributed by atoms with Crippen molar-refractivity contribution in [1.82, 2.24) is 0 Å². The van der Waals surface area contributed by atoms with Crippen molar-refractivity contribution in [3.8, 4) is 0 Å². The summed E-state index contributed by atoms with van der Waals surface area (Å²) < 4.78 is 0. The van der Waals surface area contributed by atoms with E-state index >= 15 is 0 Å². The SMILES string of the molecule is [C-]#[N+]c1ccc(CCCCCCC)cc1. The second-order valence-electron chi connectivity index (χ2n) is 3.94. The highest BCUT2D eigenvalue weighted by molar-refractivity contribution is 5.45. The quantitative estimate of drug-likeness (QED) is 0.462. The summed E-state index contributed by atoms with van der Waals surface area (Å²) in [7, 11) is 0. The molecule has 0 saturated heterocycles. The van der Waals surface area contributed by atoms with Crippen molar-refractivity contribution in [2.45, 2.75) is 45.4 Å². The van der Waals surface area contributed by atoms with Gasteiger partial charge in [0.2, 0.25) is 0 Å². The van der Waals surface area contributed by atoms with Crippen molar-refractivity contribution >= 4 is 5.69 Å². The molecule has 0 heterocycles. The van der Waals surface area contributed by atoms with Gasteiger partial charge in [-0.2, -0.15) is 0 Å². The Hall–Kier alpha value is -1.29. The summed E-state index contributed by atoms with van der Waals surface area (Å²) >= 11 is 0. The lowest BCUT2D eigenvalue weighted by Gasteiger charge is -2.01. The number of hydrogen-bond donors (Lipinski definition) is 0. The van der Waals surface area contributed by atoms with Crippen molar-refractivity contribution in [2.75, 3.05) is 0 Å². The number of unbranched alkanes of at least 4 members (excludes halogenated alkanes) is 4. The molecule has 80 valence electrons. The van der Waals surface area contributed by atoms with E-state index in [-0.39, 0.29) is 0 Å². The van der Waals surface area contributed by atoms with Crippen molar-refractivity contribution in [3.63, 3.8) is 0 Å². The molecule has 1 aromatic carbocycles. The van der Waals surface area contributed by atoms with Crippen molar-refractivity contribution in [2.24, 2.45) is 0 Å². The Morgan fingerprint density at radius 1 is 1.00 bits per heavy atom. The van der Waals surface area contributed by atoms with Crippen LogP contribution in [0.3, 0.4) is 0 Å². The maximum absolute atomic E-state index is 6.85. The van der Waals surface area contributed by atoms with Gasteiger partial charge in [-0.3, -0.25) is 0 Å². The van der Waals surface area contributed by atoms with Crippen LogP contribution in [0.1, 0.15) is 44.6 Å². The molecule has 1 heteroatoms. The van der Waals surface area contributed by atoms with Crippen LogP contribution < -0.4 is 0 Å². The molecule has 0 amide bonds. The van der Waals surface area contributed by atoms with Crippen LogP contribution in [-0.2, 0) is 6.42 Å². The second-order valence-corrected chi connectivity index (χ2v) is 3.94. The number of nitrogens with zero attached hydrogens (tertiary/aromatic N) is 1. The minimum absolute atomic E-state index is 0.740. The third kappa shape index (κ3) is 4.65. The molecular weight excluding hydrogens is 182 g/mol. The summed E-state index contributed by atoms with van der Waals surface area (Å²) in [6.45, 7) is 9.09. The molecule has 1 aromatic rings. The van der Waals surface area contributed by atoms with E-state index in [1.165, 1.54) is 37.7 Å². The van der Waals surface area contributed by atoms with Crippen LogP contribution in [-0.4, -0.2) is 0 Å². The van der Waals surface area contributed by atoms with E-state index in [2.05, 4.69) is 23.9 Å². The minimum atomic E-state index is 0.740. The zero-order valence-electron chi connectivity index (χ0n) is 9.50. The van der Waals surface area contributed by atoms with E-state index in [0.717, 1.165) is 12.1 Å². The fraction of sp³-hybridized carbons (Fsp3) is 0.500. The predicted molar refractivity (Wildman–Crippen MR) is 65.2 cm³/mol. The molecule has 0 aliphatic heterocycles. The summed E-state index contributed by atoms with van der Waals surface area (Å²) in [5.74, 6) is 0. The molecule has 0 fully saturated rings. The first kappa shape index (κ1) is 11.8. The van der Waals surface area contributed by atoms with Gasteiger partial charge < -0.3 is 0 Å². The first-order valence-electron chi connectivity index (χ1n) is 5.83. The van der Waals surface area contributed by atoms with Gasteiger partial charge in [-0.15, -0.1) is 0 Å². The van der Waals surface area contributed by atoms with Crippen LogP contribution in [0, 0.1) is 6.57 Å². The number of benzene rings is 1. The summed E-state index contributed by atoms with van der Waals surface area (Å²) in [6.07, 6.45) is 7.78. The highest BCUT2D eigenvalue weighted by Gasteiger charge is 1.94.